The maximum absolute atomic E-state index is 12.8. The van der Waals surface area contributed by atoms with Gasteiger partial charge in [0.1, 0.15) is 6.54 Å². The van der Waals surface area contributed by atoms with E-state index in [0.717, 1.165) is 16.8 Å². The molecular weight excluding hydrogens is 356 g/mol. The summed E-state index contributed by atoms with van der Waals surface area (Å²) in [5.74, 6) is -0.989. The van der Waals surface area contributed by atoms with Gasteiger partial charge in [0.25, 0.3) is 0 Å². The van der Waals surface area contributed by atoms with Crippen LogP contribution in [0.1, 0.15) is 12.8 Å². The van der Waals surface area contributed by atoms with E-state index in [1.165, 1.54) is 4.90 Å². The van der Waals surface area contributed by atoms with Crippen molar-refractivity contribution in [1.82, 2.24) is 4.90 Å². The predicted molar refractivity (Wildman–Crippen MR) is 107 cm³/mol. The van der Waals surface area contributed by atoms with Crippen LogP contribution in [0.15, 0.2) is 54.6 Å². The first-order valence-electron chi connectivity index (χ1n) is 9.25. The molecule has 3 rings (SSSR count). The number of hydrogen-bond donors (Lipinski definition) is 2. The summed E-state index contributed by atoms with van der Waals surface area (Å²) in [7, 11) is 0. The van der Waals surface area contributed by atoms with E-state index in [1.54, 1.807) is 4.90 Å². The second-order valence-corrected chi connectivity index (χ2v) is 6.80. The van der Waals surface area contributed by atoms with Crippen molar-refractivity contribution >= 4 is 23.4 Å². The summed E-state index contributed by atoms with van der Waals surface area (Å²) in [5, 5.41) is 0. The lowest BCUT2D eigenvalue weighted by Crippen LogP contribution is -2.56. The van der Waals surface area contributed by atoms with Crippen molar-refractivity contribution in [3.8, 4) is 11.1 Å². The van der Waals surface area contributed by atoms with Gasteiger partial charge in [0.05, 0.1) is 11.7 Å². The number of para-hydroxylation sites is 1. The van der Waals surface area contributed by atoms with E-state index in [2.05, 4.69) is 0 Å². The van der Waals surface area contributed by atoms with Gasteiger partial charge >= 0.3 is 0 Å². The molecule has 1 fully saturated rings. The van der Waals surface area contributed by atoms with Crippen LogP contribution in [0, 0.1) is 0 Å². The number of carbonyl (C=O) groups is 3. The van der Waals surface area contributed by atoms with Gasteiger partial charge in [0.2, 0.25) is 17.7 Å². The van der Waals surface area contributed by atoms with E-state index in [1.807, 2.05) is 54.6 Å². The Morgan fingerprint density at radius 2 is 1.68 bits per heavy atom. The van der Waals surface area contributed by atoms with Crippen LogP contribution >= 0.6 is 0 Å². The van der Waals surface area contributed by atoms with E-state index >= 15 is 0 Å². The van der Waals surface area contributed by atoms with Gasteiger partial charge < -0.3 is 21.3 Å². The summed E-state index contributed by atoms with van der Waals surface area (Å²) in [6.07, 6.45) is 0.227. The minimum atomic E-state index is -0.830. The molecule has 7 nitrogen and oxygen atoms in total. The van der Waals surface area contributed by atoms with Crippen LogP contribution in [0.4, 0.5) is 5.69 Å². The van der Waals surface area contributed by atoms with Crippen molar-refractivity contribution in [2.75, 3.05) is 24.5 Å². The van der Waals surface area contributed by atoms with E-state index in [0.29, 0.717) is 13.1 Å². The summed E-state index contributed by atoms with van der Waals surface area (Å²) in [5.41, 5.74) is 13.8. The van der Waals surface area contributed by atoms with Crippen LogP contribution in [0.2, 0.25) is 0 Å². The molecule has 0 aliphatic carbocycles. The minimum absolute atomic E-state index is 0.0355. The second kappa shape index (κ2) is 8.67. The number of rotatable bonds is 6. The van der Waals surface area contributed by atoms with Crippen LogP contribution < -0.4 is 16.4 Å². The lowest BCUT2D eigenvalue weighted by molar-refractivity contribution is -0.138. The Balaban J connectivity index is 1.73. The fraction of sp³-hybridized carbons (Fsp3) is 0.286. The van der Waals surface area contributed by atoms with Gasteiger partial charge in [-0.05, 0) is 18.1 Å². The normalized spacial score (nSPS) is 15.4. The molecule has 1 aliphatic heterocycles. The fourth-order valence-corrected chi connectivity index (χ4v) is 3.34. The molecule has 2 aromatic carbocycles. The van der Waals surface area contributed by atoms with E-state index in [4.69, 9.17) is 11.5 Å². The van der Waals surface area contributed by atoms with Gasteiger partial charge in [0, 0.05) is 25.1 Å². The topological polar surface area (TPSA) is 110 Å². The molecule has 0 unspecified atom stereocenters. The molecule has 1 saturated heterocycles. The van der Waals surface area contributed by atoms with Crippen LogP contribution in [-0.2, 0) is 14.4 Å². The Morgan fingerprint density at radius 3 is 2.36 bits per heavy atom. The summed E-state index contributed by atoms with van der Waals surface area (Å²) >= 11 is 0. The number of nitrogens with two attached hydrogens (primary N) is 2. The third-order valence-electron chi connectivity index (χ3n) is 4.83. The van der Waals surface area contributed by atoms with Crippen molar-refractivity contribution in [3.05, 3.63) is 54.6 Å². The smallest absolute Gasteiger partial charge is 0.246 e. The van der Waals surface area contributed by atoms with Gasteiger partial charge in [0.15, 0.2) is 0 Å². The number of hydrogen-bond acceptors (Lipinski definition) is 4. The van der Waals surface area contributed by atoms with Crippen LogP contribution in [0.25, 0.3) is 11.1 Å². The van der Waals surface area contributed by atoms with E-state index < -0.39 is 11.9 Å². The lowest BCUT2D eigenvalue weighted by Gasteiger charge is -2.36. The molecule has 7 heteroatoms. The highest BCUT2D eigenvalue weighted by molar-refractivity contribution is 6.01. The quantitative estimate of drug-likeness (QED) is 0.782. The van der Waals surface area contributed by atoms with Crippen LogP contribution in [-0.4, -0.2) is 48.3 Å². The number of piperazine rings is 1. The van der Waals surface area contributed by atoms with E-state index in [9.17, 15) is 14.4 Å². The monoisotopic (exact) mass is 380 g/mol. The van der Waals surface area contributed by atoms with Crippen molar-refractivity contribution < 1.29 is 14.4 Å². The molecule has 0 saturated carbocycles. The largest absolute Gasteiger partial charge is 0.370 e. The predicted octanol–water partition coefficient (Wildman–Crippen LogP) is 1.12. The molecule has 2 aromatic rings. The Morgan fingerprint density at radius 1 is 1.00 bits per heavy atom. The zero-order valence-electron chi connectivity index (χ0n) is 15.6. The first-order valence-corrected chi connectivity index (χ1v) is 9.25. The van der Waals surface area contributed by atoms with Crippen LogP contribution in [0.3, 0.4) is 0 Å². The fourth-order valence-electron chi connectivity index (χ4n) is 3.34. The minimum Gasteiger partial charge on any atom is -0.370 e. The Hall–Kier alpha value is -3.19. The Labute approximate surface area is 163 Å². The average Bonchev–Trinajstić information content (AvgIpc) is 2.72. The van der Waals surface area contributed by atoms with Crippen molar-refractivity contribution in [2.45, 2.75) is 18.9 Å². The molecule has 28 heavy (non-hydrogen) atoms. The molecular formula is C21H24N4O3. The number of benzene rings is 2. The molecule has 0 spiro atoms. The molecule has 1 aliphatic rings. The maximum atomic E-state index is 12.8. The number of anilines is 1. The third-order valence-corrected chi connectivity index (χ3v) is 4.83. The molecule has 0 aromatic heterocycles. The Kier molecular flexibility index (Phi) is 6.06. The van der Waals surface area contributed by atoms with Gasteiger partial charge in [-0.15, -0.1) is 0 Å². The molecule has 0 radical (unpaired) electrons. The average molecular weight is 380 g/mol. The summed E-state index contributed by atoms with van der Waals surface area (Å²) in [4.78, 5) is 39.3. The van der Waals surface area contributed by atoms with Gasteiger partial charge in [-0.25, -0.2) is 0 Å². The summed E-state index contributed by atoms with van der Waals surface area (Å²) in [6.45, 7) is 0.737. The number of primary amides is 1. The van der Waals surface area contributed by atoms with Crippen molar-refractivity contribution in [2.24, 2.45) is 11.5 Å². The van der Waals surface area contributed by atoms with Gasteiger partial charge in [-0.2, -0.15) is 0 Å². The Bertz CT molecular complexity index is 869. The number of carbonyl (C=O) groups excluding carboxylic acids is 3. The lowest BCUT2D eigenvalue weighted by atomic mass is 10.0. The standard InChI is InChI=1S/C21H24N4O3/c22-17(10-11-19(23)26)21(28)24-12-13-25(20(27)14-24)18-9-5-4-8-16(18)15-6-2-1-3-7-15/h1-9,17H,10-14,22H2,(H2,23,26)/t17-/m0/s1. The summed E-state index contributed by atoms with van der Waals surface area (Å²) in [6, 6.07) is 16.8. The highest BCUT2D eigenvalue weighted by Gasteiger charge is 2.31. The zero-order valence-corrected chi connectivity index (χ0v) is 15.6. The van der Waals surface area contributed by atoms with Crippen molar-refractivity contribution in [1.29, 1.82) is 0 Å². The highest BCUT2D eigenvalue weighted by atomic mass is 16.2. The molecule has 4 N–H and O–H groups in total. The SMILES string of the molecule is NC(=O)CC[C@H](N)C(=O)N1CCN(c2ccccc2-c2ccccc2)C(=O)C1. The van der Waals surface area contributed by atoms with Gasteiger partial charge in [-0.1, -0.05) is 48.5 Å². The van der Waals surface area contributed by atoms with Gasteiger partial charge in [-0.3, -0.25) is 14.4 Å². The summed E-state index contributed by atoms with van der Waals surface area (Å²) < 4.78 is 0. The molecule has 3 amide bonds. The first-order chi connectivity index (χ1) is 13.5. The molecule has 1 heterocycles. The van der Waals surface area contributed by atoms with E-state index in [-0.39, 0.29) is 31.2 Å². The second-order valence-electron chi connectivity index (χ2n) is 6.80. The third kappa shape index (κ3) is 4.37. The first kappa shape index (κ1) is 19.6. The molecule has 1 atom stereocenters. The zero-order chi connectivity index (χ0) is 20.1. The molecule has 146 valence electrons. The van der Waals surface area contributed by atoms with Crippen molar-refractivity contribution in [3.63, 3.8) is 0 Å². The number of amides is 3. The maximum Gasteiger partial charge on any atom is 0.246 e. The number of nitrogens with zero attached hydrogens (tertiary/aromatic N) is 2. The van der Waals surface area contributed by atoms with Crippen LogP contribution in [0.5, 0.6) is 0 Å². The highest BCUT2D eigenvalue weighted by Crippen LogP contribution is 2.31. The molecule has 0 bridgehead atoms.